The Bertz CT molecular complexity index is 63.0. The fraction of sp³-hybridized carbons (Fsp3) is 0.400. The molecule has 0 fully saturated rings. The summed E-state index contributed by atoms with van der Waals surface area (Å²) in [5.41, 5.74) is 0. The topological polar surface area (TPSA) is 44.0 Å². The number of hydrogen-bond donors (Lipinski definition) is 1. The van der Waals surface area contributed by atoms with Crippen molar-refractivity contribution in [3.05, 3.63) is 12.7 Å². The van der Waals surface area contributed by atoms with E-state index in [9.17, 15) is 0 Å². The lowest BCUT2D eigenvalue weighted by Crippen LogP contribution is -1.64. The molecule has 0 aromatic carbocycles. The third kappa shape index (κ3) is 1460. The Balaban J connectivity index is 0. The molecular weight excluding hydrogens is 90.1 g/mol. The van der Waals surface area contributed by atoms with E-state index in [1.807, 2.05) is 6.92 Å². The van der Waals surface area contributed by atoms with Gasteiger partial charge in [0, 0.05) is 0 Å². The summed E-state index contributed by atoms with van der Waals surface area (Å²) < 4.78 is 0. The molecule has 0 aliphatic heterocycles. The summed E-state index contributed by atoms with van der Waals surface area (Å²) in [6.45, 7) is 4.88. The summed E-state index contributed by atoms with van der Waals surface area (Å²) in [6, 6.07) is 1.49. The van der Waals surface area contributed by atoms with Crippen molar-refractivity contribution in [2.75, 3.05) is 6.61 Å². The SMILES string of the molecule is C=CC.N#CCO. The molecule has 0 aliphatic carbocycles. The molecule has 0 aliphatic rings. The molecule has 0 atom stereocenters. The van der Waals surface area contributed by atoms with Crippen molar-refractivity contribution >= 4 is 0 Å². The van der Waals surface area contributed by atoms with Crippen LogP contribution in [0.2, 0.25) is 0 Å². The third-order valence-electron chi connectivity index (χ3n) is 0.0707. The number of hydrogen-bond acceptors (Lipinski definition) is 2. The molecule has 2 nitrogen and oxygen atoms in total. The van der Waals surface area contributed by atoms with E-state index in [-0.39, 0.29) is 6.61 Å². The summed E-state index contributed by atoms with van der Waals surface area (Å²) in [7, 11) is 0. The zero-order valence-electron chi connectivity index (χ0n) is 4.39. The van der Waals surface area contributed by atoms with Crippen molar-refractivity contribution in [2.24, 2.45) is 0 Å². The largest absolute Gasteiger partial charge is 0.381 e. The van der Waals surface area contributed by atoms with Crippen molar-refractivity contribution in [1.82, 2.24) is 0 Å². The first kappa shape index (κ1) is 9.50. The fourth-order valence-electron chi connectivity index (χ4n) is 0. The Morgan fingerprint density at radius 3 is 2.14 bits per heavy atom. The minimum atomic E-state index is -0.375. The van der Waals surface area contributed by atoms with Gasteiger partial charge in [-0.15, -0.1) is 6.58 Å². The van der Waals surface area contributed by atoms with Gasteiger partial charge in [-0.3, -0.25) is 0 Å². The molecule has 0 amide bonds. The Kier molecular flexibility index (Phi) is 25.8. The van der Waals surface area contributed by atoms with Gasteiger partial charge in [0.1, 0.15) is 6.61 Å². The minimum Gasteiger partial charge on any atom is -0.381 e. The molecule has 0 saturated heterocycles. The van der Waals surface area contributed by atoms with E-state index in [1.54, 1.807) is 6.08 Å². The summed E-state index contributed by atoms with van der Waals surface area (Å²) in [5, 5.41) is 14.9. The van der Waals surface area contributed by atoms with Crippen LogP contribution in [0.25, 0.3) is 0 Å². The van der Waals surface area contributed by atoms with Crippen LogP contribution in [0.4, 0.5) is 0 Å². The number of aliphatic hydroxyl groups excluding tert-OH is 1. The smallest absolute Gasteiger partial charge is 0.130 e. The van der Waals surface area contributed by atoms with Crippen LogP contribution in [0.1, 0.15) is 6.92 Å². The molecule has 7 heavy (non-hydrogen) atoms. The molecule has 0 saturated carbocycles. The highest BCUT2D eigenvalue weighted by Crippen LogP contribution is 1.38. The van der Waals surface area contributed by atoms with Gasteiger partial charge in [0.2, 0.25) is 0 Å². The molecule has 1 N–H and O–H groups in total. The van der Waals surface area contributed by atoms with Crippen LogP contribution in [0.3, 0.4) is 0 Å². The lowest BCUT2D eigenvalue weighted by molar-refractivity contribution is 0.348. The van der Waals surface area contributed by atoms with Gasteiger partial charge >= 0.3 is 0 Å². The van der Waals surface area contributed by atoms with Gasteiger partial charge in [-0.05, 0) is 6.92 Å². The number of nitriles is 1. The Morgan fingerprint density at radius 2 is 2.14 bits per heavy atom. The maximum absolute atomic E-state index is 7.51. The van der Waals surface area contributed by atoms with Crippen LogP contribution in [0.15, 0.2) is 12.7 Å². The van der Waals surface area contributed by atoms with Crippen LogP contribution in [-0.4, -0.2) is 11.7 Å². The predicted octanol–water partition coefficient (Wildman–Crippen LogP) is 0.695. The number of allylic oxidation sites excluding steroid dienone is 1. The first-order valence-corrected chi connectivity index (χ1v) is 1.88. The van der Waals surface area contributed by atoms with Crippen LogP contribution >= 0.6 is 0 Å². The summed E-state index contributed by atoms with van der Waals surface area (Å²) in [5.74, 6) is 0. The van der Waals surface area contributed by atoms with Crippen molar-refractivity contribution in [2.45, 2.75) is 6.92 Å². The zero-order chi connectivity index (χ0) is 6.12. The molecule has 2 heteroatoms. The first-order valence-electron chi connectivity index (χ1n) is 1.88. The molecule has 0 bridgehead atoms. The normalized spacial score (nSPS) is 4.71. The average molecular weight is 99.1 g/mol. The van der Waals surface area contributed by atoms with Crippen molar-refractivity contribution in [1.29, 1.82) is 5.26 Å². The average Bonchev–Trinajstić information content (AvgIpc) is 1.69. The molecular formula is C5H9NO. The van der Waals surface area contributed by atoms with E-state index >= 15 is 0 Å². The van der Waals surface area contributed by atoms with Gasteiger partial charge in [0.25, 0.3) is 0 Å². The Hall–Kier alpha value is -0.810. The van der Waals surface area contributed by atoms with E-state index in [0.717, 1.165) is 0 Å². The highest BCUT2D eigenvalue weighted by molar-refractivity contribution is 4.63. The molecule has 0 radical (unpaired) electrons. The molecule has 0 aromatic rings. The summed E-state index contributed by atoms with van der Waals surface area (Å²) >= 11 is 0. The maximum atomic E-state index is 7.51. The van der Waals surface area contributed by atoms with Gasteiger partial charge in [0.15, 0.2) is 0 Å². The van der Waals surface area contributed by atoms with Gasteiger partial charge in [-0.25, -0.2) is 0 Å². The number of nitrogens with zero attached hydrogens (tertiary/aromatic N) is 1. The van der Waals surface area contributed by atoms with Gasteiger partial charge < -0.3 is 5.11 Å². The highest BCUT2D eigenvalue weighted by Gasteiger charge is 1.49. The zero-order valence-corrected chi connectivity index (χ0v) is 4.39. The molecule has 0 aromatic heterocycles. The fourth-order valence-corrected chi connectivity index (χ4v) is 0. The van der Waals surface area contributed by atoms with E-state index < -0.39 is 0 Å². The minimum absolute atomic E-state index is 0.375. The lowest BCUT2D eigenvalue weighted by atomic mass is 10.8. The van der Waals surface area contributed by atoms with Crippen LogP contribution in [-0.2, 0) is 0 Å². The van der Waals surface area contributed by atoms with Crippen LogP contribution < -0.4 is 0 Å². The summed E-state index contributed by atoms with van der Waals surface area (Å²) in [4.78, 5) is 0. The van der Waals surface area contributed by atoms with Crippen LogP contribution in [0, 0.1) is 11.3 Å². The van der Waals surface area contributed by atoms with E-state index in [2.05, 4.69) is 6.58 Å². The van der Waals surface area contributed by atoms with Crippen molar-refractivity contribution in [3.63, 3.8) is 0 Å². The van der Waals surface area contributed by atoms with Crippen molar-refractivity contribution < 1.29 is 5.11 Å². The van der Waals surface area contributed by atoms with E-state index in [4.69, 9.17) is 10.4 Å². The van der Waals surface area contributed by atoms with Gasteiger partial charge in [0.05, 0.1) is 6.07 Å². The number of rotatable bonds is 0. The Morgan fingerprint density at radius 1 is 2.00 bits per heavy atom. The predicted molar refractivity (Wildman–Crippen MR) is 28.6 cm³/mol. The highest BCUT2D eigenvalue weighted by atomic mass is 16.2. The molecule has 0 rings (SSSR count). The first-order chi connectivity index (χ1) is 3.33. The summed E-state index contributed by atoms with van der Waals surface area (Å²) in [6.07, 6.45) is 1.75. The quantitative estimate of drug-likeness (QED) is 0.359. The Labute approximate surface area is 43.7 Å². The van der Waals surface area contributed by atoms with Gasteiger partial charge in [-0.2, -0.15) is 5.26 Å². The molecule has 0 heterocycles. The standard InChI is InChI=1S/C3H6.C2H3NO/c1-3-2;3-1-2-4/h3H,1H2,2H3;4H,2H2. The molecule has 40 valence electrons. The van der Waals surface area contributed by atoms with E-state index in [1.165, 1.54) is 6.07 Å². The van der Waals surface area contributed by atoms with E-state index in [0.29, 0.717) is 0 Å². The lowest BCUT2D eigenvalue weighted by Gasteiger charge is -1.50. The monoisotopic (exact) mass is 99.1 g/mol. The van der Waals surface area contributed by atoms with Gasteiger partial charge in [-0.1, -0.05) is 6.08 Å². The van der Waals surface area contributed by atoms with Crippen molar-refractivity contribution in [3.8, 4) is 6.07 Å². The second kappa shape index (κ2) is 19.0. The number of aliphatic hydroxyl groups is 1. The maximum Gasteiger partial charge on any atom is 0.130 e. The molecule has 0 spiro atoms. The van der Waals surface area contributed by atoms with Crippen LogP contribution in [0.5, 0.6) is 0 Å². The molecule has 0 unspecified atom stereocenters. The second-order valence-corrected chi connectivity index (χ2v) is 0.724. The second-order valence-electron chi connectivity index (χ2n) is 0.724. The third-order valence-corrected chi connectivity index (χ3v) is 0.0707.